The summed E-state index contributed by atoms with van der Waals surface area (Å²) in [6, 6.07) is 11.3. The molecular formula is C23H26N4O5. The van der Waals surface area contributed by atoms with Crippen LogP contribution in [0.4, 0.5) is 11.4 Å². The van der Waals surface area contributed by atoms with Gasteiger partial charge < -0.3 is 23.8 Å². The molecule has 0 bridgehead atoms. The number of benzene rings is 2. The number of aliphatic imine (C=N–C) groups is 1. The summed E-state index contributed by atoms with van der Waals surface area (Å²) in [4.78, 5) is 19.2. The van der Waals surface area contributed by atoms with E-state index in [4.69, 9.17) is 18.9 Å². The van der Waals surface area contributed by atoms with Crippen LogP contribution >= 0.6 is 0 Å². The van der Waals surface area contributed by atoms with E-state index in [2.05, 4.69) is 20.1 Å². The van der Waals surface area contributed by atoms with Crippen LogP contribution < -0.4 is 24.7 Å². The Morgan fingerprint density at radius 3 is 2.41 bits per heavy atom. The molecule has 2 heterocycles. The molecule has 32 heavy (non-hydrogen) atoms. The van der Waals surface area contributed by atoms with E-state index in [0.717, 1.165) is 24.3 Å². The summed E-state index contributed by atoms with van der Waals surface area (Å²) in [6.45, 7) is 3.08. The molecule has 1 aliphatic heterocycles. The Labute approximate surface area is 185 Å². The van der Waals surface area contributed by atoms with Gasteiger partial charge in [-0.15, -0.1) is 0 Å². The average Bonchev–Trinajstić information content (AvgIpc) is 3.22. The van der Waals surface area contributed by atoms with Crippen molar-refractivity contribution in [2.45, 2.75) is 0 Å². The molecule has 2 N–H and O–H groups in total. The highest BCUT2D eigenvalue weighted by Gasteiger charge is 2.15. The van der Waals surface area contributed by atoms with Gasteiger partial charge in [-0.05, 0) is 30.3 Å². The topological polar surface area (TPSA) is 101 Å². The van der Waals surface area contributed by atoms with E-state index in [9.17, 15) is 4.79 Å². The van der Waals surface area contributed by atoms with Crippen LogP contribution in [-0.4, -0.2) is 64.0 Å². The summed E-state index contributed by atoms with van der Waals surface area (Å²) >= 11 is 0. The predicted molar refractivity (Wildman–Crippen MR) is 123 cm³/mol. The van der Waals surface area contributed by atoms with Crippen molar-refractivity contribution in [3.8, 4) is 28.5 Å². The zero-order chi connectivity index (χ0) is 22.5. The standard InChI is InChI=1S/C23H26N4O5/c1-29-19-7-4-15(12-21(19)31-3)22-17(23(28)26-25-22)14-24-18-6-5-16(13-20(18)30-2)27-8-10-32-11-9-27/h4-7,12-14H,8-11H2,1-3H3,(H2,25,26,28). The molecule has 1 saturated heterocycles. The number of methoxy groups -OCH3 is 3. The summed E-state index contributed by atoms with van der Waals surface area (Å²) in [5.41, 5.74) is 3.16. The maximum absolute atomic E-state index is 12.4. The number of aromatic amines is 2. The number of nitrogens with zero attached hydrogens (tertiary/aromatic N) is 2. The minimum absolute atomic E-state index is 0.276. The fourth-order valence-electron chi connectivity index (χ4n) is 3.64. The lowest BCUT2D eigenvalue weighted by atomic mass is 10.1. The van der Waals surface area contributed by atoms with Gasteiger partial charge >= 0.3 is 0 Å². The Morgan fingerprint density at radius 2 is 1.69 bits per heavy atom. The van der Waals surface area contributed by atoms with E-state index in [1.54, 1.807) is 33.5 Å². The Bertz CT molecular complexity index is 1160. The molecule has 2 aromatic carbocycles. The van der Waals surface area contributed by atoms with E-state index < -0.39 is 0 Å². The summed E-state index contributed by atoms with van der Waals surface area (Å²) < 4.78 is 21.6. The Hall–Kier alpha value is -3.72. The van der Waals surface area contributed by atoms with Gasteiger partial charge in [-0.2, -0.15) is 0 Å². The first kappa shape index (κ1) is 21.5. The van der Waals surface area contributed by atoms with E-state index >= 15 is 0 Å². The van der Waals surface area contributed by atoms with Crippen molar-refractivity contribution in [2.24, 2.45) is 4.99 Å². The van der Waals surface area contributed by atoms with Gasteiger partial charge in [0.15, 0.2) is 11.5 Å². The summed E-state index contributed by atoms with van der Waals surface area (Å²) in [6.07, 6.45) is 1.54. The second-order valence-electron chi connectivity index (χ2n) is 7.15. The predicted octanol–water partition coefficient (Wildman–Crippen LogP) is 2.98. The van der Waals surface area contributed by atoms with Gasteiger partial charge in [0, 0.05) is 36.6 Å². The van der Waals surface area contributed by atoms with Crippen molar-refractivity contribution in [3.05, 3.63) is 52.3 Å². The number of ether oxygens (including phenoxy) is 4. The van der Waals surface area contributed by atoms with Gasteiger partial charge in [0.2, 0.25) is 0 Å². The molecule has 3 aromatic rings. The zero-order valence-electron chi connectivity index (χ0n) is 18.3. The van der Waals surface area contributed by atoms with Gasteiger partial charge in [0.1, 0.15) is 11.4 Å². The number of hydrogen-bond acceptors (Lipinski definition) is 7. The molecule has 1 aliphatic rings. The highest BCUT2D eigenvalue weighted by atomic mass is 16.5. The van der Waals surface area contributed by atoms with Crippen molar-refractivity contribution >= 4 is 17.6 Å². The van der Waals surface area contributed by atoms with Crippen molar-refractivity contribution in [1.82, 2.24) is 10.2 Å². The molecule has 1 aromatic heterocycles. The molecule has 0 atom stereocenters. The molecule has 0 saturated carbocycles. The second kappa shape index (κ2) is 9.61. The first-order chi connectivity index (χ1) is 15.6. The van der Waals surface area contributed by atoms with Crippen LogP contribution in [0.25, 0.3) is 11.3 Å². The minimum Gasteiger partial charge on any atom is -0.494 e. The number of morpholine rings is 1. The third kappa shape index (κ3) is 4.33. The summed E-state index contributed by atoms with van der Waals surface area (Å²) in [7, 11) is 4.75. The monoisotopic (exact) mass is 438 g/mol. The Morgan fingerprint density at radius 1 is 0.938 bits per heavy atom. The van der Waals surface area contributed by atoms with Crippen molar-refractivity contribution in [1.29, 1.82) is 0 Å². The quantitative estimate of drug-likeness (QED) is 0.550. The van der Waals surface area contributed by atoms with E-state index in [-0.39, 0.29) is 5.56 Å². The molecule has 9 heteroatoms. The van der Waals surface area contributed by atoms with Gasteiger partial charge in [-0.3, -0.25) is 20.0 Å². The number of hydrogen-bond donors (Lipinski definition) is 2. The van der Waals surface area contributed by atoms with Crippen LogP contribution in [0.3, 0.4) is 0 Å². The fourth-order valence-corrected chi connectivity index (χ4v) is 3.64. The lowest BCUT2D eigenvalue weighted by molar-refractivity contribution is 0.122. The third-order valence-electron chi connectivity index (χ3n) is 5.36. The zero-order valence-corrected chi connectivity index (χ0v) is 18.3. The van der Waals surface area contributed by atoms with Gasteiger partial charge in [-0.1, -0.05) is 0 Å². The highest BCUT2D eigenvalue weighted by Crippen LogP contribution is 2.34. The molecule has 4 rings (SSSR count). The number of aromatic nitrogens is 2. The average molecular weight is 438 g/mol. The van der Waals surface area contributed by atoms with E-state index in [1.807, 2.05) is 24.3 Å². The first-order valence-electron chi connectivity index (χ1n) is 10.2. The Balaban J connectivity index is 1.65. The molecule has 0 amide bonds. The minimum atomic E-state index is -0.276. The van der Waals surface area contributed by atoms with E-state index in [0.29, 0.717) is 47.4 Å². The molecule has 0 spiro atoms. The normalized spacial score (nSPS) is 14.0. The third-order valence-corrected chi connectivity index (χ3v) is 5.36. The molecule has 9 nitrogen and oxygen atoms in total. The summed E-state index contributed by atoms with van der Waals surface area (Å²) in [5.74, 6) is 1.80. The van der Waals surface area contributed by atoms with Crippen LogP contribution in [-0.2, 0) is 4.74 Å². The lowest BCUT2D eigenvalue weighted by Crippen LogP contribution is -2.36. The molecule has 168 valence electrons. The molecule has 0 aliphatic carbocycles. The maximum atomic E-state index is 12.4. The van der Waals surface area contributed by atoms with Crippen LogP contribution in [0.15, 0.2) is 46.2 Å². The highest BCUT2D eigenvalue weighted by molar-refractivity contribution is 5.90. The number of H-pyrrole nitrogens is 2. The fraction of sp³-hybridized carbons (Fsp3) is 0.304. The molecule has 0 radical (unpaired) electrons. The SMILES string of the molecule is COc1cc(N2CCOCC2)ccc1N=Cc1c(-c2ccc(OC)c(OC)c2)[nH][nH]c1=O. The lowest BCUT2D eigenvalue weighted by Gasteiger charge is -2.29. The number of anilines is 1. The largest absolute Gasteiger partial charge is 0.494 e. The number of rotatable bonds is 7. The van der Waals surface area contributed by atoms with Crippen molar-refractivity contribution in [3.63, 3.8) is 0 Å². The van der Waals surface area contributed by atoms with E-state index in [1.165, 1.54) is 6.21 Å². The summed E-state index contributed by atoms with van der Waals surface area (Å²) in [5, 5.41) is 5.55. The molecular weight excluding hydrogens is 412 g/mol. The van der Waals surface area contributed by atoms with Crippen LogP contribution in [0.1, 0.15) is 5.56 Å². The smallest absolute Gasteiger partial charge is 0.273 e. The Kier molecular flexibility index (Phi) is 6.46. The molecule has 1 fully saturated rings. The van der Waals surface area contributed by atoms with Crippen LogP contribution in [0.5, 0.6) is 17.2 Å². The van der Waals surface area contributed by atoms with Crippen molar-refractivity contribution < 1.29 is 18.9 Å². The van der Waals surface area contributed by atoms with Crippen LogP contribution in [0, 0.1) is 0 Å². The van der Waals surface area contributed by atoms with Crippen molar-refractivity contribution in [2.75, 3.05) is 52.5 Å². The number of nitrogens with one attached hydrogen (secondary N) is 2. The van der Waals surface area contributed by atoms with Gasteiger partial charge in [-0.25, -0.2) is 0 Å². The van der Waals surface area contributed by atoms with Gasteiger partial charge in [0.25, 0.3) is 5.56 Å². The van der Waals surface area contributed by atoms with Crippen LogP contribution in [0.2, 0.25) is 0 Å². The van der Waals surface area contributed by atoms with Gasteiger partial charge in [0.05, 0.1) is 45.8 Å². The first-order valence-corrected chi connectivity index (χ1v) is 10.2. The second-order valence-corrected chi connectivity index (χ2v) is 7.15. The molecule has 0 unspecified atom stereocenters. The maximum Gasteiger partial charge on any atom is 0.273 e.